The van der Waals surface area contributed by atoms with Crippen molar-refractivity contribution in [2.75, 3.05) is 0 Å². The zero-order valence-corrected chi connectivity index (χ0v) is 17.4. The number of hydrogen-bond donors (Lipinski definition) is 2. The fourth-order valence-electron chi connectivity index (χ4n) is 3.09. The van der Waals surface area contributed by atoms with E-state index in [1.165, 1.54) is 12.3 Å². The number of aryl methyl sites for hydroxylation is 1. The summed E-state index contributed by atoms with van der Waals surface area (Å²) >= 11 is 0. The predicted octanol–water partition coefficient (Wildman–Crippen LogP) is 4.42. The first kappa shape index (κ1) is 20.7. The summed E-state index contributed by atoms with van der Waals surface area (Å²) in [5.41, 5.74) is 10.3. The minimum Gasteiger partial charge on any atom is -0.437 e. The minimum absolute atomic E-state index is 0.208. The summed E-state index contributed by atoms with van der Waals surface area (Å²) in [6.07, 6.45) is 4.70. The van der Waals surface area contributed by atoms with E-state index in [1.807, 2.05) is 37.3 Å². The fraction of sp³-hybridized carbons (Fsp3) is 0.0400. The van der Waals surface area contributed by atoms with Crippen molar-refractivity contribution in [2.45, 2.75) is 6.92 Å². The molecular weight excluding hydrogens is 402 g/mol. The normalized spacial score (nSPS) is 12.0. The number of aliphatic imine (C=N–C) groups is 1. The predicted molar refractivity (Wildman–Crippen MR) is 125 cm³/mol. The molecule has 158 valence electrons. The lowest BCUT2D eigenvalue weighted by molar-refractivity contribution is 0.103. The van der Waals surface area contributed by atoms with E-state index in [1.54, 1.807) is 36.5 Å². The summed E-state index contributed by atoms with van der Waals surface area (Å²) in [5.74, 6) is 0.774. The number of ketones is 1. The lowest BCUT2D eigenvalue weighted by Gasteiger charge is -2.10. The molecule has 2 aromatic carbocycles. The number of para-hydroxylation sites is 2. The largest absolute Gasteiger partial charge is 0.437 e. The van der Waals surface area contributed by atoms with E-state index in [2.05, 4.69) is 26.5 Å². The Hall–Kier alpha value is -4.52. The third-order valence-electron chi connectivity index (χ3n) is 4.67. The van der Waals surface area contributed by atoms with Gasteiger partial charge in [0.25, 0.3) is 0 Å². The molecule has 0 unspecified atom stereocenters. The minimum atomic E-state index is -0.208. The van der Waals surface area contributed by atoms with Crippen LogP contribution in [0, 0.1) is 6.92 Å². The maximum Gasteiger partial charge on any atom is 0.243 e. The molecule has 0 saturated carbocycles. The number of aromatic amines is 1. The van der Waals surface area contributed by atoms with Crippen LogP contribution in [0.15, 0.2) is 90.4 Å². The Labute approximate surface area is 185 Å². The Bertz CT molecular complexity index is 1320. The Kier molecular flexibility index (Phi) is 5.89. The van der Waals surface area contributed by atoms with Crippen molar-refractivity contribution < 1.29 is 9.53 Å². The summed E-state index contributed by atoms with van der Waals surface area (Å²) in [4.78, 5) is 28.7. The van der Waals surface area contributed by atoms with Crippen LogP contribution in [0.25, 0.3) is 16.7 Å². The molecule has 2 aromatic heterocycles. The van der Waals surface area contributed by atoms with Crippen molar-refractivity contribution in [3.05, 3.63) is 108 Å². The number of hydrogen-bond acceptors (Lipinski definition) is 6. The van der Waals surface area contributed by atoms with Crippen molar-refractivity contribution in [1.82, 2.24) is 15.0 Å². The van der Waals surface area contributed by atoms with Gasteiger partial charge in [-0.05, 0) is 55.5 Å². The number of benzene rings is 2. The van der Waals surface area contributed by atoms with Gasteiger partial charge in [-0.3, -0.25) is 9.78 Å². The highest BCUT2D eigenvalue weighted by Crippen LogP contribution is 2.22. The second-order valence-corrected chi connectivity index (χ2v) is 6.98. The summed E-state index contributed by atoms with van der Waals surface area (Å²) in [6, 6.07) is 17.8. The number of carbonyl (C=O) groups is 1. The number of ether oxygens (including phenoxy) is 1. The van der Waals surface area contributed by atoms with Gasteiger partial charge in [0.1, 0.15) is 11.4 Å². The lowest BCUT2D eigenvalue weighted by atomic mass is 10.1. The summed E-state index contributed by atoms with van der Waals surface area (Å²) in [7, 11) is 0. The molecular formula is C25H21N5O2. The standard InChI is InChI=1S/C25H21N5O2/c1-3-13-28-25(22(26)18-12-14-27-16(2)15-18)32-19-10-8-17(9-11-19)23(31)24-29-20-6-4-5-7-21(20)30-24/h3-15H,1,26H2,2H3,(H,29,30)/b25-22+,28-13-. The summed E-state index contributed by atoms with van der Waals surface area (Å²) < 4.78 is 5.91. The van der Waals surface area contributed by atoms with Gasteiger partial charge >= 0.3 is 0 Å². The number of nitrogens with zero attached hydrogens (tertiary/aromatic N) is 3. The van der Waals surface area contributed by atoms with Gasteiger partial charge in [-0.2, -0.15) is 0 Å². The molecule has 0 aliphatic rings. The van der Waals surface area contributed by atoms with Gasteiger partial charge in [-0.25, -0.2) is 9.98 Å². The molecule has 7 nitrogen and oxygen atoms in total. The number of nitrogens with one attached hydrogen (secondary N) is 1. The summed E-state index contributed by atoms with van der Waals surface area (Å²) in [5, 5.41) is 0. The van der Waals surface area contributed by atoms with Crippen LogP contribution in [-0.2, 0) is 0 Å². The molecule has 0 radical (unpaired) electrons. The van der Waals surface area contributed by atoms with E-state index in [0.29, 0.717) is 17.0 Å². The van der Waals surface area contributed by atoms with Gasteiger partial charge in [-0.1, -0.05) is 24.8 Å². The number of fused-ring (bicyclic) bond motifs is 1. The van der Waals surface area contributed by atoms with Crippen LogP contribution in [0.4, 0.5) is 0 Å². The molecule has 0 fully saturated rings. The third-order valence-corrected chi connectivity index (χ3v) is 4.67. The second kappa shape index (κ2) is 9.09. The third kappa shape index (κ3) is 4.46. The lowest BCUT2D eigenvalue weighted by Crippen LogP contribution is -2.07. The number of allylic oxidation sites excluding steroid dienone is 1. The number of pyridine rings is 1. The van der Waals surface area contributed by atoms with Gasteiger partial charge in [0, 0.05) is 29.2 Å². The Morgan fingerprint density at radius 3 is 2.62 bits per heavy atom. The molecule has 0 aliphatic heterocycles. The molecule has 32 heavy (non-hydrogen) atoms. The molecule has 2 heterocycles. The zero-order valence-electron chi connectivity index (χ0n) is 17.4. The molecule has 3 N–H and O–H groups in total. The Morgan fingerprint density at radius 2 is 1.91 bits per heavy atom. The maximum absolute atomic E-state index is 12.8. The average Bonchev–Trinajstić information content (AvgIpc) is 3.25. The van der Waals surface area contributed by atoms with Gasteiger partial charge < -0.3 is 15.5 Å². The number of carbonyl (C=O) groups excluding carboxylic acids is 1. The van der Waals surface area contributed by atoms with E-state index < -0.39 is 0 Å². The van der Waals surface area contributed by atoms with Gasteiger partial charge in [0.15, 0.2) is 5.82 Å². The zero-order chi connectivity index (χ0) is 22.5. The number of aromatic nitrogens is 3. The number of imidazole rings is 1. The van der Waals surface area contributed by atoms with Gasteiger partial charge in [-0.15, -0.1) is 0 Å². The molecule has 4 rings (SSSR count). The fourth-order valence-corrected chi connectivity index (χ4v) is 3.09. The summed E-state index contributed by atoms with van der Waals surface area (Å²) in [6.45, 7) is 5.51. The highest BCUT2D eigenvalue weighted by molar-refractivity contribution is 6.08. The first-order chi connectivity index (χ1) is 15.5. The molecule has 0 aliphatic carbocycles. The Morgan fingerprint density at radius 1 is 1.12 bits per heavy atom. The molecule has 0 atom stereocenters. The highest BCUT2D eigenvalue weighted by atomic mass is 16.5. The first-order valence-corrected chi connectivity index (χ1v) is 9.90. The van der Waals surface area contributed by atoms with Crippen LogP contribution in [0.2, 0.25) is 0 Å². The quantitative estimate of drug-likeness (QED) is 0.260. The van der Waals surface area contributed by atoms with E-state index in [0.717, 1.165) is 22.3 Å². The van der Waals surface area contributed by atoms with Gasteiger partial charge in [0.2, 0.25) is 11.7 Å². The van der Waals surface area contributed by atoms with Crippen molar-refractivity contribution in [2.24, 2.45) is 10.7 Å². The van der Waals surface area contributed by atoms with E-state index in [-0.39, 0.29) is 17.5 Å². The van der Waals surface area contributed by atoms with Crippen LogP contribution in [0.3, 0.4) is 0 Å². The molecule has 0 spiro atoms. The van der Waals surface area contributed by atoms with Crippen molar-refractivity contribution in [3.8, 4) is 5.75 Å². The molecule has 0 amide bonds. The molecule has 0 saturated heterocycles. The van der Waals surface area contributed by atoms with Gasteiger partial charge in [0.05, 0.1) is 11.0 Å². The number of rotatable bonds is 7. The smallest absolute Gasteiger partial charge is 0.243 e. The van der Waals surface area contributed by atoms with Crippen molar-refractivity contribution >= 4 is 28.7 Å². The monoisotopic (exact) mass is 423 g/mol. The van der Waals surface area contributed by atoms with Crippen LogP contribution in [0.5, 0.6) is 5.75 Å². The molecule has 4 aromatic rings. The van der Waals surface area contributed by atoms with Crippen LogP contribution < -0.4 is 10.5 Å². The van der Waals surface area contributed by atoms with Crippen LogP contribution in [-0.4, -0.2) is 26.9 Å². The highest BCUT2D eigenvalue weighted by Gasteiger charge is 2.15. The molecule has 7 heteroatoms. The van der Waals surface area contributed by atoms with Crippen molar-refractivity contribution in [3.63, 3.8) is 0 Å². The van der Waals surface area contributed by atoms with E-state index in [4.69, 9.17) is 10.5 Å². The SMILES string of the molecule is C=C/C=N\C(Oc1ccc(C(=O)c2nc3ccccc3[nH]2)cc1)=C(/N)c1ccnc(C)c1. The number of nitrogens with two attached hydrogens (primary N) is 1. The van der Waals surface area contributed by atoms with Crippen molar-refractivity contribution in [1.29, 1.82) is 0 Å². The maximum atomic E-state index is 12.8. The van der Waals surface area contributed by atoms with Crippen LogP contribution in [0.1, 0.15) is 27.4 Å². The molecule has 0 bridgehead atoms. The topological polar surface area (TPSA) is 106 Å². The van der Waals surface area contributed by atoms with E-state index in [9.17, 15) is 4.79 Å². The Balaban J connectivity index is 1.59. The number of H-pyrrole nitrogens is 1. The van der Waals surface area contributed by atoms with Crippen LogP contribution >= 0.6 is 0 Å². The van der Waals surface area contributed by atoms with E-state index >= 15 is 0 Å². The second-order valence-electron chi connectivity index (χ2n) is 6.98. The first-order valence-electron chi connectivity index (χ1n) is 9.90. The average molecular weight is 423 g/mol.